The highest BCUT2D eigenvalue weighted by Crippen LogP contribution is 2.28. The number of halogens is 1. The van der Waals surface area contributed by atoms with Gasteiger partial charge in [0.2, 0.25) is 0 Å². The molecule has 3 heteroatoms. The lowest BCUT2D eigenvalue weighted by Gasteiger charge is -2.34. The molecule has 0 aliphatic carbocycles. The minimum atomic E-state index is 0.111. The van der Waals surface area contributed by atoms with E-state index in [0.717, 1.165) is 29.0 Å². The van der Waals surface area contributed by atoms with Crippen LogP contribution in [0.1, 0.15) is 25.3 Å². The monoisotopic (exact) mass is 283 g/mol. The molecule has 1 fully saturated rings. The maximum atomic E-state index is 9.39. The summed E-state index contributed by atoms with van der Waals surface area (Å²) in [5.41, 5.74) is 2.21. The molecule has 16 heavy (non-hydrogen) atoms. The second kappa shape index (κ2) is 5.19. The van der Waals surface area contributed by atoms with Crippen molar-refractivity contribution in [2.45, 2.75) is 26.4 Å². The SMILES string of the molecule is CC1CCCN(c2ccc(Br)cc2CO)C1. The van der Waals surface area contributed by atoms with Gasteiger partial charge >= 0.3 is 0 Å². The Hall–Kier alpha value is -0.540. The molecule has 1 N–H and O–H groups in total. The molecule has 1 aliphatic heterocycles. The number of piperidine rings is 1. The van der Waals surface area contributed by atoms with Gasteiger partial charge in [0, 0.05) is 28.8 Å². The lowest BCUT2D eigenvalue weighted by molar-refractivity contribution is 0.281. The summed E-state index contributed by atoms with van der Waals surface area (Å²) in [6.45, 7) is 4.62. The predicted octanol–water partition coefficient (Wildman–Crippen LogP) is 3.18. The van der Waals surface area contributed by atoms with E-state index in [9.17, 15) is 5.11 Å². The highest BCUT2D eigenvalue weighted by atomic mass is 79.9. The van der Waals surface area contributed by atoms with E-state index in [1.54, 1.807) is 0 Å². The van der Waals surface area contributed by atoms with E-state index in [-0.39, 0.29) is 6.61 Å². The number of anilines is 1. The molecule has 1 aromatic rings. The molecule has 1 aromatic carbocycles. The van der Waals surface area contributed by atoms with Gasteiger partial charge in [-0.3, -0.25) is 0 Å². The van der Waals surface area contributed by atoms with Crippen LogP contribution in [0.25, 0.3) is 0 Å². The van der Waals surface area contributed by atoms with E-state index in [0.29, 0.717) is 0 Å². The standard InChI is InChI=1S/C13H18BrNO/c1-10-3-2-6-15(8-10)13-5-4-12(14)7-11(13)9-16/h4-5,7,10,16H,2-3,6,8-9H2,1H3. The summed E-state index contributed by atoms with van der Waals surface area (Å²) in [5, 5.41) is 9.39. The van der Waals surface area contributed by atoms with E-state index in [4.69, 9.17) is 0 Å². The van der Waals surface area contributed by atoms with Crippen molar-refractivity contribution >= 4 is 21.6 Å². The lowest BCUT2D eigenvalue weighted by Crippen LogP contribution is -2.34. The van der Waals surface area contributed by atoms with Crippen LogP contribution in [-0.2, 0) is 6.61 Å². The number of aliphatic hydroxyl groups excluding tert-OH is 1. The fourth-order valence-electron chi connectivity index (χ4n) is 2.40. The van der Waals surface area contributed by atoms with Crippen molar-refractivity contribution in [3.8, 4) is 0 Å². The molecule has 0 spiro atoms. The Morgan fingerprint density at radius 1 is 1.50 bits per heavy atom. The maximum absolute atomic E-state index is 9.39. The number of rotatable bonds is 2. The van der Waals surface area contributed by atoms with Crippen LogP contribution in [0, 0.1) is 5.92 Å². The van der Waals surface area contributed by atoms with Crippen molar-refractivity contribution in [1.29, 1.82) is 0 Å². The van der Waals surface area contributed by atoms with Crippen LogP contribution in [-0.4, -0.2) is 18.2 Å². The quantitative estimate of drug-likeness (QED) is 0.901. The Morgan fingerprint density at radius 2 is 2.31 bits per heavy atom. The number of nitrogens with zero attached hydrogens (tertiary/aromatic N) is 1. The molecule has 0 amide bonds. The summed E-state index contributed by atoms with van der Waals surface area (Å²) in [6, 6.07) is 6.16. The molecule has 0 radical (unpaired) electrons. The Labute approximate surface area is 105 Å². The van der Waals surface area contributed by atoms with Crippen molar-refractivity contribution < 1.29 is 5.11 Å². The molecular weight excluding hydrogens is 266 g/mol. The minimum Gasteiger partial charge on any atom is -0.392 e. The predicted molar refractivity (Wildman–Crippen MR) is 70.7 cm³/mol. The van der Waals surface area contributed by atoms with Crippen LogP contribution in [0.2, 0.25) is 0 Å². The summed E-state index contributed by atoms with van der Waals surface area (Å²) >= 11 is 3.44. The average Bonchev–Trinajstić information content (AvgIpc) is 2.28. The molecule has 1 atom stereocenters. The second-order valence-corrected chi connectivity index (χ2v) is 5.54. The van der Waals surface area contributed by atoms with Gasteiger partial charge in [-0.05, 0) is 37.0 Å². The normalized spacial score (nSPS) is 21.2. The summed E-state index contributed by atoms with van der Waals surface area (Å²) < 4.78 is 1.03. The van der Waals surface area contributed by atoms with Crippen molar-refractivity contribution in [2.75, 3.05) is 18.0 Å². The molecule has 1 unspecified atom stereocenters. The fourth-order valence-corrected chi connectivity index (χ4v) is 2.81. The smallest absolute Gasteiger partial charge is 0.0702 e. The molecule has 2 nitrogen and oxygen atoms in total. The Balaban J connectivity index is 2.24. The largest absolute Gasteiger partial charge is 0.392 e. The molecule has 0 saturated carbocycles. The van der Waals surface area contributed by atoms with Crippen LogP contribution in [0.5, 0.6) is 0 Å². The Morgan fingerprint density at radius 3 is 3.00 bits per heavy atom. The van der Waals surface area contributed by atoms with Gasteiger partial charge in [-0.1, -0.05) is 22.9 Å². The molecule has 88 valence electrons. The Bertz CT molecular complexity index is 367. The molecule has 1 aliphatic rings. The molecule has 0 bridgehead atoms. The lowest BCUT2D eigenvalue weighted by atomic mass is 9.99. The third-order valence-electron chi connectivity index (χ3n) is 3.21. The highest BCUT2D eigenvalue weighted by molar-refractivity contribution is 9.10. The molecule has 0 aromatic heterocycles. The average molecular weight is 284 g/mol. The number of hydrogen-bond donors (Lipinski definition) is 1. The summed E-state index contributed by atoms with van der Waals surface area (Å²) in [5.74, 6) is 0.754. The van der Waals surface area contributed by atoms with Gasteiger partial charge in [-0.15, -0.1) is 0 Å². The molecule has 1 heterocycles. The highest BCUT2D eigenvalue weighted by Gasteiger charge is 2.18. The first kappa shape index (κ1) is 11.9. The molecule has 2 rings (SSSR count). The summed E-state index contributed by atoms with van der Waals surface area (Å²) in [7, 11) is 0. The van der Waals surface area contributed by atoms with E-state index in [1.807, 2.05) is 12.1 Å². The van der Waals surface area contributed by atoms with Gasteiger partial charge in [0.1, 0.15) is 0 Å². The van der Waals surface area contributed by atoms with Crippen molar-refractivity contribution in [1.82, 2.24) is 0 Å². The van der Waals surface area contributed by atoms with Gasteiger partial charge in [-0.25, -0.2) is 0 Å². The van der Waals surface area contributed by atoms with Crippen LogP contribution >= 0.6 is 15.9 Å². The van der Waals surface area contributed by atoms with Gasteiger partial charge in [0.05, 0.1) is 6.61 Å². The fraction of sp³-hybridized carbons (Fsp3) is 0.538. The maximum Gasteiger partial charge on any atom is 0.0702 e. The second-order valence-electron chi connectivity index (χ2n) is 4.62. The van der Waals surface area contributed by atoms with Crippen molar-refractivity contribution in [2.24, 2.45) is 5.92 Å². The zero-order valence-electron chi connectivity index (χ0n) is 9.62. The van der Waals surface area contributed by atoms with Crippen molar-refractivity contribution in [3.63, 3.8) is 0 Å². The first-order chi connectivity index (χ1) is 7.70. The summed E-state index contributed by atoms with van der Waals surface area (Å²) in [4.78, 5) is 2.40. The Kier molecular flexibility index (Phi) is 3.87. The van der Waals surface area contributed by atoms with Gasteiger partial charge in [-0.2, -0.15) is 0 Å². The third kappa shape index (κ3) is 2.58. The molecular formula is C13H18BrNO. The van der Waals surface area contributed by atoms with Crippen molar-refractivity contribution in [3.05, 3.63) is 28.2 Å². The van der Waals surface area contributed by atoms with Gasteiger partial charge < -0.3 is 10.0 Å². The number of aliphatic hydroxyl groups is 1. The number of benzene rings is 1. The topological polar surface area (TPSA) is 23.5 Å². The van der Waals surface area contributed by atoms with Gasteiger partial charge in [0.25, 0.3) is 0 Å². The van der Waals surface area contributed by atoms with E-state index in [1.165, 1.54) is 18.5 Å². The van der Waals surface area contributed by atoms with Crippen LogP contribution in [0.15, 0.2) is 22.7 Å². The summed E-state index contributed by atoms with van der Waals surface area (Å²) in [6.07, 6.45) is 2.57. The molecule has 1 saturated heterocycles. The first-order valence-electron chi connectivity index (χ1n) is 5.85. The minimum absolute atomic E-state index is 0.111. The van der Waals surface area contributed by atoms with Gasteiger partial charge in [0.15, 0.2) is 0 Å². The zero-order chi connectivity index (χ0) is 11.5. The first-order valence-corrected chi connectivity index (χ1v) is 6.64. The number of hydrogen-bond acceptors (Lipinski definition) is 2. The van der Waals surface area contributed by atoms with E-state index in [2.05, 4.69) is 33.8 Å². The van der Waals surface area contributed by atoms with E-state index < -0.39 is 0 Å². The van der Waals surface area contributed by atoms with Crippen LogP contribution in [0.3, 0.4) is 0 Å². The van der Waals surface area contributed by atoms with Crippen LogP contribution < -0.4 is 4.90 Å². The van der Waals surface area contributed by atoms with E-state index >= 15 is 0 Å². The van der Waals surface area contributed by atoms with Crippen LogP contribution in [0.4, 0.5) is 5.69 Å². The zero-order valence-corrected chi connectivity index (χ0v) is 11.2. The third-order valence-corrected chi connectivity index (χ3v) is 3.70.